The van der Waals surface area contributed by atoms with Gasteiger partial charge in [0.2, 0.25) is 0 Å². The lowest BCUT2D eigenvalue weighted by atomic mass is 10.0. The molecular weight excluding hydrogens is 395 g/mol. The van der Waals surface area contributed by atoms with Gasteiger partial charge in [0.15, 0.2) is 5.69 Å². The van der Waals surface area contributed by atoms with Gasteiger partial charge < -0.3 is 4.90 Å². The zero-order valence-electron chi connectivity index (χ0n) is 16.1. The molecule has 0 N–H and O–H groups in total. The molecular formula is C21H20F3N5O. The average Bonchev–Trinajstić information content (AvgIpc) is 3.11. The molecule has 0 saturated carbocycles. The van der Waals surface area contributed by atoms with E-state index in [1.807, 2.05) is 12.1 Å². The molecule has 1 aromatic carbocycles. The fourth-order valence-electron chi connectivity index (χ4n) is 3.82. The van der Waals surface area contributed by atoms with Crippen molar-refractivity contribution >= 4 is 5.91 Å². The van der Waals surface area contributed by atoms with E-state index in [1.54, 1.807) is 17.3 Å². The summed E-state index contributed by atoms with van der Waals surface area (Å²) in [5.41, 5.74) is -0.000531. The third kappa shape index (κ3) is 4.05. The van der Waals surface area contributed by atoms with Crippen LogP contribution in [0.25, 0.3) is 5.69 Å². The average molecular weight is 415 g/mol. The van der Waals surface area contributed by atoms with Crippen LogP contribution in [0.2, 0.25) is 0 Å². The van der Waals surface area contributed by atoms with E-state index in [2.05, 4.69) is 15.3 Å². The number of para-hydroxylation sites is 1. The van der Waals surface area contributed by atoms with Gasteiger partial charge in [-0.1, -0.05) is 30.2 Å². The maximum absolute atomic E-state index is 13.3. The molecule has 0 bridgehead atoms. The summed E-state index contributed by atoms with van der Waals surface area (Å²) in [4.78, 5) is 19.0. The van der Waals surface area contributed by atoms with Gasteiger partial charge in [-0.05, 0) is 42.7 Å². The summed E-state index contributed by atoms with van der Waals surface area (Å²) in [6, 6.07) is 8.72. The number of carbonyl (C=O) groups is 1. The zero-order valence-corrected chi connectivity index (χ0v) is 16.1. The van der Waals surface area contributed by atoms with E-state index in [0.29, 0.717) is 6.54 Å². The van der Waals surface area contributed by atoms with Gasteiger partial charge in [0.1, 0.15) is 0 Å². The standard InChI is InChI=1S/C21H20F3N5O/c22-21(23,24)16-6-3-4-8-19(16)29-14-17(26-27-29)20(30)28-13-5-1-2-7-18(28)15-9-11-25-12-10-15/h3-4,6,8-12,14,18H,1-2,5,7,13H2. The largest absolute Gasteiger partial charge is 0.418 e. The fourth-order valence-corrected chi connectivity index (χ4v) is 3.82. The van der Waals surface area contributed by atoms with Crippen LogP contribution in [-0.4, -0.2) is 37.3 Å². The molecule has 4 rings (SSSR count). The maximum atomic E-state index is 13.3. The summed E-state index contributed by atoms with van der Waals surface area (Å²) < 4.78 is 41.0. The topological polar surface area (TPSA) is 63.9 Å². The Morgan fingerprint density at radius 2 is 1.80 bits per heavy atom. The van der Waals surface area contributed by atoms with Crippen LogP contribution >= 0.6 is 0 Å². The lowest BCUT2D eigenvalue weighted by Crippen LogP contribution is -2.35. The van der Waals surface area contributed by atoms with Crippen molar-refractivity contribution in [3.63, 3.8) is 0 Å². The Morgan fingerprint density at radius 1 is 1.03 bits per heavy atom. The molecule has 0 spiro atoms. The van der Waals surface area contributed by atoms with Crippen LogP contribution in [0, 0.1) is 0 Å². The van der Waals surface area contributed by atoms with Crippen LogP contribution in [0.1, 0.15) is 53.3 Å². The number of halogens is 3. The number of amides is 1. The van der Waals surface area contributed by atoms with Gasteiger partial charge in [-0.3, -0.25) is 9.78 Å². The molecule has 1 saturated heterocycles. The molecule has 156 valence electrons. The first kappa shape index (κ1) is 20.1. The van der Waals surface area contributed by atoms with E-state index in [4.69, 9.17) is 0 Å². The fraction of sp³-hybridized carbons (Fsp3) is 0.333. The highest BCUT2D eigenvalue weighted by Crippen LogP contribution is 2.34. The number of hydrogen-bond donors (Lipinski definition) is 0. The number of nitrogens with zero attached hydrogens (tertiary/aromatic N) is 5. The Balaban J connectivity index is 1.65. The van der Waals surface area contributed by atoms with Crippen molar-refractivity contribution < 1.29 is 18.0 Å². The van der Waals surface area contributed by atoms with Crippen molar-refractivity contribution in [1.29, 1.82) is 0 Å². The minimum Gasteiger partial charge on any atom is -0.330 e. The highest BCUT2D eigenvalue weighted by atomic mass is 19.4. The first-order chi connectivity index (χ1) is 14.4. The molecule has 6 nitrogen and oxygen atoms in total. The lowest BCUT2D eigenvalue weighted by molar-refractivity contribution is -0.137. The number of aromatic nitrogens is 4. The van der Waals surface area contributed by atoms with Crippen LogP contribution in [0.4, 0.5) is 13.2 Å². The zero-order chi connectivity index (χ0) is 21.1. The highest BCUT2D eigenvalue weighted by Gasteiger charge is 2.34. The minimum atomic E-state index is -4.54. The van der Waals surface area contributed by atoms with E-state index in [0.717, 1.165) is 42.0 Å². The number of pyridine rings is 1. The van der Waals surface area contributed by atoms with E-state index in [-0.39, 0.29) is 23.3 Å². The molecule has 0 radical (unpaired) electrons. The van der Waals surface area contributed by atoms with Gasteiger partial charge in [0, 0.05) is 18.9 Å². The molecule has 1 aliphatic rings. The molecule has 1 amide bonds. The Hall–Kier alpha value is -3.23. The SMILES string of the molecule is O=C(c1cn(-c2ccccc2C(F)(F)F)nn1)N1CCCCCC1c1ccncc1. The minimum absolute atomic E-state index is 0.0212. The van der Waals surface area contributed by atoms with Gasteiger partial charge in [0.25, 0.3) is 5.91 Å². The quantitative estimate of drug-likeness (QED) is 0.635. The number of carbonyl (C=O) groups excluding carboxylic acids is 1. The highest BCUT2D eigenvalue weighted by molar-refractivity contribution is 5.92. The molecule has 9 heteroatoms. The van der Waals surface area contributed by atoms with Crippen LogP contribution < -0.4 is 0 Å². The van der Waals surface area contributed by atoms with E-state index < -0.39 is 11.7 Å². The second kappa shape index (κ2) is 8.25. The first-order valence-electron chi connectivity index (χ1n) is 9.75. The monoisotopic (exact) mass is 415 g/mol. The van der Waals surface area contributed by atoms with Crippen molar-refractivity contribution in [3.05, 3.63) is 71.8 Å². The van der Waals surface area contributed by atoms with Gasteiger partial charge >= 0.3 is 6.18 Å². The van der Waals surface area contributed by atoms with Gasteiger partial charge in [0.05, 0.1) is 23.5 Å². The number of benzene rings is 1. The first-order valence-corrected chi connectivity index (χ1v) is 9.75. The van der Waals surface area contributed by atoms with Crippen molar-refractivity contribution in [2.24, 2.45) is 0 Å². The molecule has 1 aliphatic heterocycles. The molecule has 1 atom stereocenters. The van der Waals surface area contributed by atoms with Crippen LogP contribution in [0.3, 0.4) is 0 Å². The molecule has 1 unspecified atom stereocenters. The molecule has 3 aromatic rings. The lowest BCUT2D eigenvalue weighted by Gasteiger charge is -2.29. The van der Waals surface area contributed by atoms with Crippen LogP contribution in [-0.2, 0) is 6.18 Å². The Bertz CT molecular complexity index is 1020. The third-order valence-electron chi connectivity index (χ3n) is 5.27. The number of rotatable bonds is 3. The normalized spacial score (nSPS) is 17.6. The summed E-state index contributed by atoms with van der Waals surface area (Å²) in [5.74, 6) is -0.338. The Labute approximate surface area is 171 Å². The van der Waals surface area contributed by atoms with Crippen molar-refractivity contribution in [2.75, 3.05) is 6.54 Å². The molecule has 1 fully saturated rings. The van der Waals surface area contributed by atoms with E-state index in [9.17, 15) is 18.0 Å². The van der Waals surface area contributed by atoms with Crippen LogP contribution in [0.15, 0.2) is 55.0 Å². The van der Waals surface area contributed by atoms with Crippen molar-refractivity contribution in [1.82, 2.24) is 24.9 Å². The second-order valence-corrected chi connectivity index (χ2v) is 7.21. The molecule has 2 aromatic heterocycles. The van der Waals surface area contributed by atoms with E-state index >= 15 is 0 Å². The Kier molecular flexibility index (Phi) is 5.52. The maximum Gasteiger partial charge on any atom is 0.418 e. The number of hydrogen-bond acceptors (Lipinski definition) is 4. The van der Waals surface area contributed by atoms with Crippen molar-refractivity contribution in [3.8, 4) is 5.69 Å². The number of alkyl halides is 3. The molecule has 3 heterocycles. The summed E-state index contributed by atoms with van der Waals surface area (Å²) in [6.07, 6.45) is 3.77. The number of likely N-dealkylation sites (tertiary alicyclic amines) is 1. The van der Waals surface area contributed by atoms with Gasteiger partial charge in [-0.25, -0.2) is 4.68 Å². The van der Waals surface area contributed by atoms with Crippen LogP contribution in [0.5, 0.6) is 0 Å². The predicted molar refractivity (Wildman–Crippen MR) is 103 cm³/mol. The third-order valence-corrected chi connectivity index (χ3v) is 5.27. The van der Waals surface area contributed by atoms with E-state index in [1.165, 1.54) is 24.4 Å². The van der Waals surface area contributed by atoms with Gasteiger partial charge in [-0.15, -0.1) is 5.10 Å². The van der Waals surface area contributed by atoms with Gasteiger partial charge in [-0.2, -0.15) is 13.2 Å². The second-order valence-electron chi connectivity index (χ2n) is 7.21. The summed E-state index contributed by atoms with van der Waals surface area (Å²) in [5, 5.41) is 7.70. The summed E-state index contributed by atoms with van der Waals surface area (Å²) in [6.45, 7) is 0.553. The molecule has 0 aliphatic carbocycles. The molecule has 30 heavy (non-hydrogen) atoms. The predicted octanol–water partition coefficient (Wildman–Crippen LogP) is 4.44. The van der Waals surface area contributed by atoms with Crippen molar-refractivity contribution in [2.45, 2.75) is 37.9 Å². The summed E-state index contributed by atoms with van der Waals surface area (Å²) in [7, 11) is 0. The summed E-state index contributed by atoms with van der Waals surface area (Å²) >= 11 is 0. The Morgan fingerprint density at radius 3 is 2.57 bits per heavy atom. The smallest absolute Gasteiger partial charge is 0.330 e.